The summed E-state index contributed by atoms with van der Waals surface area (Å²) in [6.45, 7) is 2.39. The van der Waals surface area contributed by atoms with Crippen LogP contribution in [0.15, 0.2) is 29.1 Å². The van der Waals surface area contributed by atoms with Gasteiger partial charge in [0, 0.05) is 29.9 Å². The fourth-order valence-electron chi connectivity index (χ4n) is 4.17. The van der Waals surface area contributed by atoms with Crippen molar-refractivity contribution in [3.05, 3.63) is 51.6 Å². The lowest BCUT2D eigenvalue weighted by Gasteiger charge is -2.35. The molecule has 1 amide bonds. The molecule has 3 heterocycles. The molecule has 164 valence electrons. The molecular formula is C22H26N4O5. The third kappa shape index (κ3) is 3.71. The van der Waals surface area contributed by atoms with Crippen LogP contribution in [0.3, 0.4) is 0 Å². The smallest absolute Gasteiger partial charge is 0.272 e. The molecule has 2 aromatic heterocycles. The second-order valence-electron chi connectivity index (χ2n) is 7.56. The Hall–Kier alpha value is -3.49. The van der Waals surface area contributed by atoms with Gasteiger partial charge in [-0.05, 0) is 38.3 Å². The Balaban J connectivity index is 1.73. The van der Waals surface area contributed by atoms with Crippen LogP contribution in [0.4, 0.5) is 0 Å². The predicted molar refractivity (Wildman–Crippen MR) is 114 cm³/mol. The number of hydrogen-bond donors (Lipinski definition) is 1. The first-order chi connectivity index (χ1) is 15.0. The van der Waals surface area contributed by atoms with Crippen LogP contribution < -0.4 is 19.8 Å². The lowest BCUT2D eigenvalue weighted by molar-refractivity contribution is 0.0605. The number of piperidine rings is 1. The third-order valence-corrected chi connectivity index (χ3v) is 5.63. The molecule has 0 aliphatic carbocycles. The summed E-state index contributed by atoms with van der Waals surface area (Å²) in [6, 6.07) is 6.46. The van der Waals surface area contributed by atoms with E-state index in [1.807, 2.05) is 11.0 Å². The maximum Gasteiger partial charge on any atom is 0.272 e. The number of methoxy groups -OCH3 is 3. The van der Waals surface area contributed by atoms with Gasteiger partial charge in [0.25, 0.3) is 11.5 Å². The minimum absolute atomic E-state index is 0.140. The fourth-order valence-corrected chi connectivity index (χ4v) is 4.17. The summed E-state index contributed by atoms with van der Waals surface area (Å²) < 4.78 is 17.6. The monoisotopic (exact) mass is 426 g/mol. The average molecular weight is 426 g/mol. The van der Waals surface area contributed by atoms with E-state index >= 15 is 0 Å². The van der Waals surface area contributed by atoms with Gasteiger partial charge in [-0.15, -0.1) is 0 Å². The third-order valence-electron chi connectivity index (χ3n) is 5.63. The van der Waals surface area contributed by atoms with Crippen molar-refractivity contribution < 1.29 is 19.0 Å². The molecule has 3 aromatic rings. The Labute approximate surface area is 179 Å². The quantitative estimate of drug-likeness (QED) is 0.674. The van der Waals surface area contributed by atoms with Crippen LogP contribution >= 0.6 is 0 Å². The number of benzene rings is 1. The highest BCUT2D eigenvalue weighted by Crippen LogP contribution is 2.39. The van der Waals surface area contributed by atoms with Crippen LogP contribution in [0.2, 0.25) is 0 Å². The first-order valence-corrected chi connectivity index (χ1v) is 10.2. The molecule has 0 unspecified atom stereocenters. The maximum atomic E-state index is 13.5. The summed E-state index contributed by atoms with van der Waals surface area (Å²) >= 11 is 0. The van der Waals surface area contributed by atoms with Crippen LogP contribution in [0, 0.1) is 6.92 Å². The number of ether oxygens (including phenoxy) is 3. The summed E-state index contributed by atoms with van der Waals surface area (Å²) in [5.74, 6) is 1.15. The highest BCUT2D eigenvalue weighted by atomic mass is 16.5. The molecule has 0 saturated carbocycles. The van der Waals surface area contributed by atoms with E-state index in [1.54, 1.807) is 19.1 Å². The van der Waals surface area contributed by atoms with Gasteiger partial charge in [-0.1, -0.05) is 0 Å². The lowest BCUT2D eigenvalue weighted by atomic mass is 9.98. The van der Waals surface area contributed by atoms with Crippen molar-refractivity contribution in [2.45, 2.75) is 32.2 Å². The number of aromatic amines is 1. The number of aryl methyl sites for hydroxylation is 1. The van der Waals surface area contributed by atoms with E-state index in [0.29, 0.717) is 40.7 Å². The Morgan fingerprint density at radius 1 is 1.06 bits per heavy atom. The van der Waals surface area contributed by atoms with Gasteiger partial charge in [0.2, 0.25) is 5.75 Å². The zero-order valence-corrected chi connectivity index (χ0v) is 18.1. The Bertz CT molecular complexity index is 1160. The van der Waals surface area contributed by atoms with Gasteiger partial charge in [0.05, 0.1) is 33.1 Å². The number of nitrogens with one attached hydrogen (secondary N) is 1. The van der Waals surface area contributed by atoms with Gasteiger partial charge in [0.1, 0.15) is 0 Å². The summed E-state index contributed by atoms with van der Waals surface area (Å²) in [5.41, 5.74) is 2.27. The van der Waals surface area contributed by atoms with Crippen molar-refractivity contribution >= 4 is 11.6 Å². The van der Waals surface area contributed by atoms with Gasteiger partial charge in [-0.25, -0.2) is 9.50 Å². The molecular weight excluding hydrogens is 400 g/mol. The second-order valence-corrected chi connectivity index (χ2v) is 7.56. The number of H-pyrrole nitrogens is 1. The molecule has 31 heavy (non-hydrogen) atoms. The van der Waals surface area contributed by atoms with E-state index in [0.717, 1.165) is 25.0 Å². The predicted octanol–water partition coefficient (Wildman–Crippen LogP) is 2.72. The number of carbonyl (C=O) groups is 1. The number of nitrogens with zero attached hydrogens (tertiary/aromatic N) is 3. The standard InChI is InChI=1S/C22H26N4O5/c1-13-9-20(27)26-19(23-13)12-15(24-26)16-7-5-6-8-25(16)22(28)14-10-17(29-2)21(31-4)18(11-14)30-3/h9-12,16,24H,5-8H2,1-4H3/t16-/m1/s1. The molecule has 1 aliphatic rings. The van der Waals surface area contributed by atoms with E-state index in [2.05, 4.69) is 10.1 Å². The second kappa shape index (κ2) is 8.33. The number of aromatic nitrogens is 3. The van der Waals surface area contributed by atoms with Crippen LogP contribution in [0.5, 0.6) is 17.2 Å². The molecule has 9 heteroatoms. The van der Waals surface area contributed by atoms with Crippen molar-refractivity contribution in [1.29, 1.82) is 0 Å². The van der Waals surface area contributed by atoms with Gasteiger partial charge in [-0.2, -0.15) is 0 Å². The SMILES string of the molecule is COc1cc(C(=O)N2CCCC[C@@H]2c2cc3nc(C)cc(=O)n3[nH]2)cc(OC)c1OC. The van der Waals surface area contributed by atoms with Crippen molar-refractivity contribution in [2.24, 2.45) is 0 Å². The molecule has 1 aromatic carbocycles. The number of amides is 1. The van der Waals surface area contributed by atoms with E-state index < -0.39 is 0 Å². The van der Waals surface area contributed by atoms with Crippen molar-refractivity contribution in [1.82, 2.24) is 19.5 Å². The molecule has 9 nitrogen and oxygen atoms in total. The molecule has 1 N–H and O–H groups in total. The molecule has 4 rings (SSSR count). The molecule has 1 aliphatic heterocycles. The molecule has 0 spiro atoms. The topological polar surface area (TPSA) is 98.2 Å². The van der Waals surface area contributed by atoms with Crippen molar-refractivity contribution in [2.75, 3.05) is 27.9 Å². The van der Waals surface area contributed by atoms with Crippen LogP contribution in [0.25, 0.3) is 5.65 Å². The van der Waals surface area contributed by atoms with Crippen LogP contribution in [-0.4, -0.2) is 53.3 Å². The summed E-state index contributed by atoms with van der Waals surface area (Å²) in [4.78, 5) is 32.1. The summed E-state index contributed by atoms with van der Waals surface area (Å²) in [7, 11) is 4.56. The van der Waals surface area contributed by atoms with Gasteiger partial charge in [0.15, 0.2) is 17.1 Å². The van der Waals surface area contributed by atoms with Crippen LogP contribution in [-0.2, 0) is 0 Å². The van der Waals surface area contributed by atoms with Gasteiger partial charge in [-0.3, -0.25) is 14.7 Å². The zero-order valence-electron chi connectivity index (χ0n) is 18.1. The van der Waals surface area contributed by atoms with Crippen molar-refractivity contribution in [3.63, 3.8) is 0 Å². The average Bonchev–Trinajstić information content (AvgIpc) is 3.21. The zero-order chi connectivity index (χ0) is 22.1. The molecule has 0 bridgehead atoms. The highest BCUT2D eigenvalue weighted by Gasteiger charge is 2.31. The Morgan fingerprint density at radius 2 is 1.77 bits per heavy atom. The number of carbonyl (C=O) groups excluding carboxylic acids is 1. The molecule has 1 saturated heterocycles. The normalized spacial score (nSPS) is 16.4. The molecule has 1 fully saturated rings. The first-order valence-electron chi connectivity index (χ1n) is 10.2. The highest BCUT2D eigenvalue weighted by molar-refractivity contribution is 5.96. The van der Waals surface area contributed by atoms with E-state index in [1.165, 1.54) is 31.9 Å². The van der Waals surface area contributed by atoms with E-state index in [4.69, 9.17) is 14.2 Å². The Morgan fingerprint density at radius 3 is 2.42 bits per heavy atom. The van der Waals surface area contributed by atoms with Crippen molar-refractivity contribution in [3.8, 4) is 17.2 Å². The van der Waals surface area contributed by atoms with Gasteiger partial charge < -0.3 is 19.1 Å². The molecule has 1 atom stereocenters. The fraction of sp³-hybridized carbons (Fsp3) is 0.409. The number of likely N-dealkylation sites (tertiary alicyclic amines) is 1. The van der Waals surface area contributed by atoms with E-state index in [-0.39, 0.29) is 17.5 Å². The number of fused-ring (bicyclic) bond motifs is 1. The maximum absolute atomic E-state index is 13.5. The minimum atomic E-state index is -0.193. The number of hydrogen-bond acceptors (Lipinski definition) is 6. The summed E-state index contributed by atoms with van der Waals surface area (Å²) in [6.07, 6.45) is 2.68. The van der Waals surface area contributed by atoms with Crippen LogP contribution in [0.1, 0.15) is 47.1 Å². The van der Waals surface area contributed by atoms with Gasteiger partial charge >= 0.3 is 0 Å². The Kier molecular flexibility index (Phi) is 5.58. The largest absolute Gasteiger partial charge is 0.493 e. The summed E-state index contributed by atoms with van der Waals surface area (Å²) in [5, 5.41) is 3.14. The first kappa shape index (κ1) is 20.8. The molecule has 0 radical (unpaired) electrons. The lowest BCUT2D eigenvalue weighted by Crippen LogP contribution is -2.38. The number of rotatable bonds is 5. The van der Waals surface area contributed by atoms with E-state index in [9.17, 15) is 9.59 Å². The minimum Gasteiger partial charge on any atom is -0.493 e.